The third kappa shape index (κ3) is 4.18. The number of ketones is 1. The zero-order chi connectivity index (χ0) is 16.3. The van der Waals surface area contributed by atoms with Crippen LogP contribution in [0.25, 0.3) is 0 Å². The highest BCUT2D eigenvalue weighted by molar-refractivity contribution is 6.53. The lowest BCUT2D eigenvalue weighted by Crippen LogP contribution is -2.43. The van der Waals surface area contributed by atoms with Crippen LogP contribution >= 0.6 is 23.2 Å². The molecule has 1 aliphatic carbocycles. The average molecular weight is 348 g/mol. The monoisotopic (exact) mass is 347 g/mol. The van der Waals surface area contributed by atoms with Gasteiger partial charge in [-0.15, -0.1) is 0 Å². The summed E-state index contributed by atoms with van der Waals surface area (Å²) < 4.78 is 13.0. The van der Waals surface area contributed by atoms with Crippen molar-refractivity contribution in [2.24, 2.45) is 5.92 Å². The fourth-order valence-corrected chi connectivity index (χ4v) is 2.23. The summed E-state index contributed by atoms with van der Waals surface area (Å²) in [6.45, 7) is -0.976. The molecule has 0 aromatic heterocycles. The van der Waals surface area contributed by atoms with Crippen molar-refractivity contribution < 1.29 is 19.1 Å². The molecular weight excluding hydrogens is 332 g/mol. The molecule has 120 valence electrons. The third-order valence-corrected chi connectivity index (χ3v) is 3.95. The van der Waals surface area contributed by atoms with Gasteiger partial charge in [-0.05, 0) is 18.4 Å². The summed E-state index contributed by atoms with van der Waals surface area (Å²) >= 11 is 10.8. The number of halogens is 3. The van der Waals surface area contributed by atoms with E-state index in [2.05, 4.69) is 5.32 Å². The van der Waals surface area contributed by atoms with E-state index in [1.807, 2.05) is 0 Å². The zero-order valence-corrected chi connectivity index (χ0v) is 13.1. The minimum Gasteiger partial charge on any atom is -0.386 e. The van der Waals surface area contributed by atoms with Crippen LogP contribution < -0.4 is 5.32 Å². The largest absolute Gasteiger partial charge is 0.386 e. The predicted octanol–water partition coefficient (Wildman–Crippen LogP) is 2.57. The van der Waals surface area contributed by atoms with Gasteiger partial charge < -0.3 is 10.4 Å². The van der Waals surface area contributed by atoms with Crippen LogP contribution in [-0.2, 0) is 4.79 Å². The molecule has 2 N–H and O–H groups in total. The molecule has 1 aliphatic rings. The van der Waals surface area contributed by atoms with Crippen molar-refractivity contribution in [3.63, 3.8) is 0 Å². The molecule has 1 aromatic carbocycles. The molecule has 0 aliphatic heterocycles. The summed E-state index contributed by atoms with van der Waals surface area (Å²) in [5.74, 6) is -0.577. The predicted molar refractivity (Wildman–Crippen MR) is 81.9 cm³/mol. The fraction of sp³-hybridized carbons (Fsp3) is 0.467. The molecule has 4 nitrogen and oxygen atoms in total. The summed E-state index contributed by atoms with van der Waals surface area (Å²) in [5.41, 5.74) is 0.969. The van der Waals surface area contributed by atoms with Gasteiger partial charge in [-0.25, -0.2) is 4.39 Å². The van der Waals surface area contributed by atoms with Crippen molar-refractivity contribution in [2.45, 2.75) is 29.8 Å². The second-order valence-electron chi connectivity index (χ2n) is 5.28. The molecule has 1 aromatic rings. The Labute approximate surface area is 137 Å². The number of aliphatic hydroxyl groups is 1. The van der Waals surface area contributed by atoms with Gasteiger partial charge in [0.25, 0.3) is 5.91 Å². The van der Waals surface area contributed by atoms with Gasteiger partial charge in [-0.2, -0.15) is 0 Å². The van der Waals surface area contributed by atoms with E-state index in [0.717, 1.165) is 12.8 Å². The van der Waals surface area contributed by atoms with Gasteiger partial charge in [-0.3, -0.25) is 9.59 Å². The lowest BCUT2D eigenvalue weighted by Gasteiger charge is -2.22. The third-order valence-electron chi connectivity index (χ3n) is 3.56. The van der Waals surface area contributed by atoms with Gasteiger partial charge in [0.1, 0.15) is 12.8 Å². The number of nitrogens with one attached hydrogen (secondary N) is 1. The van der Waals surface area contributed by atoms with Crippen LogP contribution in [0.4, 0.5) is 4.39 Å². The summed E-state index contributed by atoms with van der Waals surface area (Å²) in [5, 5.41) is 12.4. The number of hydrogen-bond donors (Lipinski definition) is 2. The van der Waals surface area contributed by atoms with Gasteiger partial charge in [0.2, 0.25) is 0 Å². The molecule has 1 saturated carbocycles. The van der Waals surface area contributed by atoms with Crippen molar-refractivity contribution in [3.8, 4) is 0 Å². The number of benzene rings is 1. The Bertz CT molecular complexity index is 546. The molecule has 0 spiro atoms. The van der Waals surface area contributed by atoms with Crippen molar-refractivity contribution >= 4 is 34.9 Å². The molecule has 2 atom stereocenters. The van der Waals surface area contributed by atoms with E-state index in [4.69, 9.17) is 23.2 Å². The van der Waals surface area contributed by atoms with E-state index >= 15 is 0 Å². The Kier molecular flexibility index (Phi) is 5.78. The lowest BCUT2D eigenvalue weighted by atomic mass is 9.99. The smallest absolute Gasteiger partial charge is 0.253 e. The number of carbonyl (C=O) groups is 2. The number of hydrogen-bond acceptors (Lipinski definition) is 3. The van der Waals surface area contributed by atoms with Crippen molar-refractivity contribution in [1.29, 1.82) is 0 Å². The van der Waals surface area contributed by atoms with Crippen LogP contribution in [-0.4, -0.2) is 34.3 Å². The first-order valence-electron chi connectivity index (χ1n) is 6.90. The highest BCUT2D eigenvalue weighted by atomic mass is 35.5. The zero-order valence-electron chi connectivity index (χ0n) is 11.6. The van der Waals surface area contributed by atoms with E-state index in [1.165, 1.54) is 0 Å². The van der Waals surface area contributed by atoms with Gasteiger partial charge in [0, 0.05) is 11.5 Å². The minimum atomic E-state index is -1.33. The quantitative estimate of drug-likeness (QED) is 0.588. The SMILES string of the molecule is O=C(N[C@H](CF)[C@H](O)c1ccc(C(=O)C2CC2)cc1)C(Cl)Cl. The van der Waals surface area contributed by atoms with Gasteiger partial charge in [-0.1, -0.05) is 47.5 Å². The van der Waals surface area contributed by atoms with E-state index in [0.29, 0.717) is 11.1 Å². The maximum Gasteiger partial charge on any atom is 0.253 e. The first-order chi connectivity index (χ1) is 10.4. The van der Waals surface area contributed by atoms with Crippen LogP contribution in [0.3, 0.4) is 0 Å². The van der Waals surface area contributed by atoms with Gasteiger partial charge in [0.05, 0.1) is 6.04 Å². The second kappa shape index (κ2) is 7.40. The number of amides is 1. The molecule has 1 fully saturated rings. The molecule has 1 amide bonds. The van der Waals surface area contributed by atoms with Crippen molar-refractivity contribution in [2.75, 3.05) is 6.67 Å². The van der Waals surface area contributed by atoms with E-state index in [9.17, 15) is 19.1 Å². The topological polar surface area (TPSA) is 66.4 Å². The highest BCUT2D eigenvalue weighted by Gasteiger charge is 2.30. The Morgan fingerprint density at radius 1 is 1.27 bits per heavy atom. The van der Waals surface area contributed by atoms with Gasteiger partial charge >= 0.3 is 0 Å². The van der Waals surface area contributed by atoms with Crippen molar-refractivity contribution in [3.05, 3.63) is 35.4 Å². The number of Topliss-reactive ketones (excluding diaryl/α,β-unsaturated/α-hetero) is 1. The molecule has 0 unspecified atom stereocenters. The van der Waals surface area contributed by atoms with Crippen LogP contribution in [0, 0.1) is 5.92 Å². The lowest BCUT2D eigenvalue weighted by molar-refractivity contribution is -0.121. The van der Waals surface area contributed by atoms with Crippen LogP contribution in [0.2, 0.25) is 0 Å². The average Bonchev–Trinajstić information content (AvgIpc) is 3.35. The molecule has 0 saturated heterocycles. The van der Waals surface area contributed by atoms with Gasteiger partial charge in [0.15, 0.2) is 10.6 Å². The van der Waals surface area contributed by atoms with E-state index in [-0.39, 0.29) is 11.7 Å². The molecule has 0 bridgehead atoms. The fourth-order valence-electron chi connectivity index (χ4n) is 2.11. The maximum atomic E-state index is 13.0. The van der Waals surface area contributed by atoms with Crippen LogP contribution in [0.1, 0.15) is 34.9 Å². The van der Waals surface area contributed by atoms with Crippen LogP contribution in [0.15, 0.2) is 24.3 Å². The summed E-state index contributed by atoms with van der Waals surface area (Å²) in [4.78, 5) is 21.9. The molecule has 7 heteroatoms. The second-order valence-corrected chi connectivity index (χ2v) is 6.37. The Morgan fingerprint density at radius 3 is 2.32 bits per heavy atom. The normalized spacial score (nSPS) is 17.1. The summed E-state index contributed by atoms with van der Waals surface area (Å²) in [6.07, 6.45) is 0.570. The Morgan fingerprint density at radius 2 is 1.86 bits per heavy atom. The first kappa shape index (κ1) is 17.2. The Hall–Kier alpha value is -1.17. The standard InChI is InChI=1S/C15H16Cl2FNO3/c16-14(17)15(22)19-11(7-18)13(21)10-5-3-9(4-6-10)12(20)8-1-2-8/h3-6,8,11,13-14,21H,1-2,7H2,(H,19,22)/t11-,13-/m1/s1. The highest BCUT2D eigenvalue weighted by Crippen LogP contribution is 2.32. The maximum absolute atomic E-state index is 13.0. The molecular formula is C15H16Cl2FNO3. The molecule has 2 rings (SSSR count). The molecule has 22 heavy (non-hydrogen) atoms. The molecule has 0 heterocycles. The number of aliphatic hydroxyl groups excluding tert-OH is 1. The van der Waals surface area contributed by atoms with Crippen molar-refractivity contribution in [1.82, 2.24) is 5.32 Å². The molecule has 0 radical (unpaired) electrons. The minimum absolute atomic E-state index is 0.0866. The number of carbonyl (C=O) groups excluding carboxylic acids is 2. The number of alkyl halides is 3. The van der Waals surface area contributed by atoms with E-state index in [1.54, 1.807) is 24.3 Å². The van der Waals surface area contributed by atoms with E-state index < -0.39 is 29.6 Å². The summed E-state index contributed by atoms with van der Waals surface area (Å²) in [6, 6.07) is 5.14. The van der Waals surface area contributed by atoms with Crippen LogP contribution in [0.5, 0.6) is 0 Å². The first-order valence-corrected chi connectivity index (χ1v) is 7.78. The Balaban J connectivity index is 2.05. The number of rotatable bonds is 7. The summed E-state index contributed by atoms with van der Waals surface area (Å²) in [7, 11) is 0.